The van der Waals surface area contributed by atoms with Crippen molar-refractivity contribution in [3.63, 3.8) is 0 Å². The molecular weight excluding hydrogens is 346 g/mol. The molecule has 7 heteroatoms. The van der Waals surface area contributed by atoms with Gasteiger partial charge < -0.3 is 4.74 Å². The van der Waals surface area contributed by atoms with Crippen LogP contribution in [-0.4, -0.2) is 50.0 Å². The fraction of sp³-hybridized carbons (Fsp3) is 0.316. The Bertz CT molecular complexity index is 922. The van der Waals surface area contributed by atoms with Crippen molar-refractivity contribution in [2.24, 2.45) is 0 Å². The van der Waals surface area contributed by atoms with Gasteiger partial charge in [-0.25, -0.2) is 4.68 Å². The second kappa shape index (κ2) is 7.49. The highest BCUT2D eigenvalue weighted by molar-refractivity contribution is 7.71. The number of nitrogens with zero attached hydrogens (tertiary/aromatic N) is 5. The summed E-state index contributed by atoms with van der Waals surface area (Å²) in [5.74, 6) is 0.824. The topological polar surface area (TPSA) is 48.1 Å². The Hall–Kier alpha value is -2.35. The van der Waals surface area contributed by atoms with Crippen LogP contribution in [0.15, 0.2) is 54.9 Å². The summed E-state index contributed by atoms with van der Waals surface area (Å²) in [5, 5.41) is 4.84. The summed E-state index contributed by atoms with van der Waals surface area (Å²) in [6.45, 7) is 5.26. The van der Waals surface area contributed by atoms with Gasteiger partial charge in [0.2, 0.25) is 4.77 Å². The number of hydrogen-bond acceptors (Lipinski definition) is 5. The number of para-hydroxylation sites is 1. The van der Waals surface area contributed by atoms with Crippen LogP contribution in [0.5, 0.6) is 0 Å². The number of aromatic nitrogens is 4. The third-order valence-corrected chi connectivity index (χ3v) is 4.84. The molecule has 0 saturated carbocycles. The normalized spacial score (nSPS) is 18.1. The molecule has 0 radical (unpaired) electrons. The Kier molecular flexibility index (Phi) is 4.92. The number of ether oxygens (including phenoxy) is 1. The van der Waals surface area contributed by atoms with Crippen molar-refractivity contribution >= 4 is 12.2 Å². The highest BCUT2D eigenvalue weighted by Crippen LogP contribution is 2.22. The van der Waals surface area contributed by atoms with Crippen molar-refractivity contribution in [3.8, 4) is 17.1 Å². The Morgan fingerprint density at radius 1 is 1.15 bits per heavy atom. The van der Waals surface area contributed by atoms with E-state index in [9.17, 15) is 0 Å². The lowest BCUT2D eigenvalue weighted by Gasteiger charge is -2.30. The van der Waals surface area contributed by atoms with Gasteiger partial charge in [0.1, 0.15) is 0 Å². The van der Waals surface area contributed by atoms with Crippen molar-refractivity contribution in [1.82, 2.24) is 24.2 Å². The molecule has 4 rings (SSSR count). The average Bonchev–Trinajstić information content (AvgIpc) is 2.99. The monoisotopic (exact) mass is 367 g/mol. The van der Waals surface area contributed by atoms with E-state index in [1.54, 1.807) is 12.4 Å². The SMILES string of the molecule is CC1CN(Cn2nc(-c3ccncc3)n(-c3ccccc3)c2=S)CCO1. The van der Waals surface area contributed by atoms with Crippen molar-refractivity contribution in [2.45, 2.75) is 19.7 Å². The van der Waals surface area contributed by atoms with E-state index < -0.39 is 0 Å². The number of pyridine rings is 1. The van der Waals surface area contributed by atoms with Crippen LogP contribution in [0.3, 0.4) is 0 Å². The minimum atomic E-state index is 0.230. The van der Waals surface area contributed by atoms with Crippen LogP contribution >= 0.6 is 12.2 Å². The lowest BCUT2D eigenvalue weighted by atomic mass is 10.2. The van der Waals surface area contributed by atoms with Gasteiger partial charge in [0, 0.05) is 36.7 Å². The summed E-state index contributed by atoms with van der Waals surface area (Å²) >= 11 is 5.78. The van der Waals surface area contributed by atoms with Crippen molar-refractivity contribution in [1.29, 1.82) is 0 Å². The molecule has 1 unspecified atom stereocenters. The molecular formula is C19H21N5OS. The summed E-state index contributed by atoms with van der Waals surface area (Å²) in [6.07, 6.45) is 3.78. The maximum absolute atomic E-state index is 5.78. The van der Waals surface area contributed by atoms with Gasteiger partial charge in [-0.15, -0.1) is 5.10 Å². The first-order valence-electron chi connectivity index (χ1n) is 8.72. The first kappa shape index (κ1) is 17.1. The highest BCUT2D eigenvalue weighted by Gasteiger charge is 2.20. The Balaban J connectivity index is 1.77. The molecule has 3 heterocycles. The molecule has 1 fully saturated rings. The fourth-order valence-electron chi connectivity index (χ4n) is 3.21. The van der Waals surface area contributed by atoms with E-state index in [0.29, 0.717) is 11.4 Å². The molecule has 1 aliphatic rings. The molecule has 1 atom stereocenters. The van der Waals surface area contributed by atoms with Gasteiger partial charge in [0.15, 0.2) is 5.82 Å². The lowest BCUT2D eigenvalue weighted by molar-refractivity contribution is -0.0306. The van der Waals surface area contributed by atoms with E-state index in [2.05, 4.69) is 16.8 Å². The maximum atomic E-state index is 5.78. The molecule has 0 spiro atoms. The van der Waals surface area contributed by atoms with E-state index in [4.69, 9.17) is 22.1 Å². The summed E-state index contributed by atoms with van der Waals surface area (Å²) in [4.78, 5) is 6.43. The standard InChI is InChI=1S/C19H21N5OS/c1-15-13-22(11-12-25-15)14-23-19(26)24(17-5-3-2-4-6-17)18(21-23)16-7-9-20-10-8-16/h2-10,15H,11-14H2,1H3. The van der Waals surface area contributed by atoms with Crippen LogP contribution in [-0.2, 0) is 11.4 Å². The largest absolute Gasteiger partial charge is 0.376 e. The van der Waals surface area contributed by atoms with Crippen LogP contribution in [0.2, 0.25) is 0 Å². The van der Waals surface area contributed by atoms with Crippen LogP contribution in [0.1, 0.15) is 6.92 Å². The second-order valence-corrected chi connectivity index (χ2v) is 6.78. The minimum absolute atomic E-state index is 0.230. The molecule has 6 nitrogen and oxygen atoms in total. The molecule has 0 aliphatic carbocycles. The number of benzene rings is 1. The zero-order valence-corrected chi connectivity index (χ0v) is 15.5. The predicted octanol–water partition coefficient (Wildman–Crippen LogP) is 3.14. The van der Waals surface area contributed by atoms with E-state index in [1.165, 1.54) is 0 Å². The van der Waals surface area contributed by atoms with Gasteiger partial charge in [0.25, 0.3) is 0 Å². The zero-order valence-electron chi connectivity index (χ0n) is 14.7. The van der Waals surface area contributed by atoms with Gasteiger partial charge >= 0.3 is 0 Å². The van der Waals surface area contributed by atoms with Crippen LogP contribution in [0, 0.1) is 4.77 Å². The first-order valence-corrected chi connectivity index (χ1v) is 9.13. The number of morpholine rings is 1. The summed E-state index contributed by atoms with van der Waals surface area (Å²) in [6, 6.07) is 14.0. The van der Waals surface area contributed by atoms with Crippen LogP contribution < -0.4 is 0 Å². The van der Waals surface area contributed by atoms with Gasteiger partial charge in [-0.05, 0) is 43.4 Å². The van der Waals surface area contributed by atoms with E-state index in [0.717, 1.165) is 36.8 Å². The third kappa shape index (κ3) is 3.46. The van der Waals surface area contributed by atoms with Crippen LogP contribution in [0.4, 0.5) is 0 Å². The summed E-state index contributed by atoms with van der Waals surface area (Å²) < 4.78 is 10.2. The predicted molar refractivity (Wildman–Crippen MR) is 103 cm³/mol. The Morgan fingerprint density at radius 2 is 1.92 bits per heavy atom. The molecule has 26 heavy (non-hydrogen) atoms. The second-order valence-electron chi connectivity index (χ2n) is 6.41. The maximum Gasteiger partial charge on any atom is 0.204 e. The third-order valence-electron chi connectivity index (χ3n) is 4.45. The van der Waals surface area contributed by atoms with Gasteiger partial charge in [-0.2, -0.15) is 0 Å². The lowest BCUT2D eigenvalue weighted by Crippen LogP contribution is -2.42. The molecule has 1 aromatic carbocycles. The molecule has 0 amide bonds. The van der Waals surface area contributed by atoms with Crippen molar-refractivity contribution in [2.75, 3.05) is 19.7 Å². The average molecular weight is 367 g/mol. The van der Waals surface area contributed by atoms with E-state index in [1.807, 2.05) is 51.7 Å². The quantitative estimate of drug-likeness (QED) is 0.663. The van der Waals surface area contributed by atoms with Gasteiger partial charge in [0.05, 0.1) is 19.4 Å². The smallest absolute Gasteiger partial charge is 0.204 e. The number of hydrogen-bond donors (Lipinski definition) is 0. The molecule has 0 bridgehead atoms. The molecule has 3 aromatic rings. The summed E-state index contributed by atoms with van der Waals surface area (Å²) in [7, 11) is 0. The molecule has 2 aromatic heterocycles. The highest BCUT2D eigenvalue weighted by atomic mass is 32.1. The van der Waals surface area contributed by atoms with Crippen molar-refractivity contribution < 1.29 is 4.74 Å². The Labute approximate surface area is 157 Å². The molecule has 0 N–H and O–H groups in total. The molecule has 1 saturated heterocycles. The summed E-state index contributed by atoms with van der Waals surface area (Å²) in [5.41, 5.74) is 2.00. The van der Waals surface area contributed by atoms with Crippen molar-refractivity contribution in [3.05, 3.63) is 59.6 Å². The fourth-order valence-corrected chi connectivity index (χ4v) is 3.50. The minimum Gasteiger partial charge on any atom is -0.376 e. The molecule has 1 aliphatic heterocycles. The Morgan fingerprint density at radius 3 is 2.65 bits per heavy atom. The first-order chi connectivity index (χ1) is 12.7. The zero-order chi connectivity index (χ0) is 17.9. The molecule has 134 valence electrons. The number of rotatable bonds is 4. The van der Waals surface area contributed by atoms with E-state index >= 15 is 0 Å². The van der Waals surface area contributed by atoms with E-state index in [-0.39, 0.29) is 6.10 Å². The van der Waals surface area contributed by atoms with Gasteiger partial charge in [-0.3, -0.25) is 14.5 Å². The van der Waals surface area contributed by atoms with Crippen LogP contribution in [0.25, 0.3) is 17.1 Å². The van der Waals surface area contributed by atoms with Gasteiger partial charge in [-0.1, -0.05) is 18.2 Å².